The predicted molar refractivity (Wildman–Crippen MR) is 172 cm³/mol. The molecule has 0 bridgehead atoms. The molecule has 0 saturated heterocycles. The Morgan fingerprint density at radius 3 is 2.15 bits per heavy atom. The summed E-state index contributed by atoms with van der Waals surface area (Å²) in [7, 11) is 0. The molecular weight excluding hydrogens is 520 g/mol. The molecule has 9 aromatic rings. The fraction of sp³-hybridized carbons (Fsp3) is 0. The third-order valence-corrected chi connectivity index (χ3v) is 9.19. The molecule has 0 radical (unpaired) electrons. The van der Waals surface area contributed by atoms with Crippen LogP contribution in [0.3, 0.4) is 0 Å². The van der Waals surface area contributed by atoms with E-state index in [4.69, 9.17) is 9.40 Å². The van der Waals surface area contributed by atoms with Gasteiger partial charge in [-0.15, -0.1) is 11.3 Å². The van der Waals surface area contributed by atoms with E-state index < -0.39 is 0 Å². The van der Waals surface area contributed by atoms with E-state index in [1.807, 2.05) is 0 Å². The predicted octanol–water partition coefficient (Wildman–Crippen LogP) is 10.6. The summed E-state index contributed by atoms with van der Waals surface area (Å²) in [4.78, 5) is 4.88. The number of hydrogen-bond acceptors (Lipinski definition) is 3. The fourth-order valence-electron chi connectivity index (χ4n) is 6.23. The smallest absolute Gasteiger partial charge is 0.227 e. The van der Waals surface area contributed by atoms with E-state index >= 15 is 0 Å². The highest BCUT2D eigenvalue weighted by Crippen LogP contribution is 2.41. The van der Waals surface area contributed by atoms with Crippen molar-refractivity contribution in [3.8, 4) is 28.3 Å². The van der Waals surface area contributed by atoms with E-state index in [9.17, 15) is 0 Å². The van der Waals surface area contributed by atoms with Crippen LogP contribution in [0.15, 0.2) is 138 Å². The van der Waals surface area contributed by atoms with Gasteiger partial charge in [0.25, 0.3) is 0 Å². The SMILES string of the molecule is c1ccc(-n2c3ccccc3c3c(-c4ccc(-c5nc6ccc7sc8ccccc8c7c6o5)cc4)cccc32)cc1. The van der Waals surface area contributed by atoms with Gasteiger partial charge >= 0.3 is 0 Å². The van der Waals surface area contributed by atoms with Crippen molar-refractivity contribution in [3.05, 3.63) is 133 Å². The van der Waals surface area contributed by atoms with Gasteiger partial charge in [0.15, 0.2) is 5.58 Å². The molecule has 0 spiro atoms. The van der Waals surface area contributed by atoms with Crippen LogP contribution < -0.4 is 0 Å². The molecular formula is C37H22N2OS. The summed E-state index contributed by atoms with van der Waals surface area (Å²) in [6.45, 7) is 0. The Morgan fingerprint density at radius 2 is 1.27 bits per heavy atom. The fourth-order valence-corrected chi connectivity index (χ4v) is 7.33. The molecule has 192 valence electrons. The third-order valence-electron chi connectivity index (χ3n) is 8.05. The summed E-state index contributed by atoms with van der Waals surface area (Å²) >= 11 is 1.79. The first-order valence-corrected chi connectivity index (χ1v) is 14.5. The largest absolute Gasteiger partial charge is 0.435 e. The van der Waals surface area contributed by atoms with E-state index in [1.54, 1.807) is 11.3 Å². The van der Waals surface area contributed by atoms with E-state index in [1.165, 1.54) is 42.2 Å². The molecule has 3 heterocycles. The Labute approximate surface area is 239 Å². The van der Waals surface area contributed by atoms with Crippen molar-refractivity contribution < 1.29 is 4.42 Å². The number of hydrogen-bond donors (Lipinski definition) is 0. The maximum atomic E-state index is 6.45. The van der Waals surface area contributed by atoms with E-state index in [0.29, 0.717) is 5.89 Å². The normalized spacial score (nSPS) is 11.9. The Kier molecular flexibility index (Phi) is 4.77. The van der Waals surface area contributed by atoms with Crippen LogP contribution in [-0.4, -0.2) is 9.55 Å². The summed E-state index contributed by atoms with van der Waals surface area (Å²) in [6, 6.07) is 47.2. The average Bonchev–Trinajstić information content (AvgIpc) is 3.73. The first-order chi connectivity index (χ1) is 20.3. The van der Waals surface area contributed by atoms with Gasteiger partial charge in [-0.2, -0.15) is 0 Å². The van der Waals surface area contributed by atoms with Crippen LogP contribution in [0.25, 0.3) is 81.3 Å². The summed E-state index contributed by atoms with van der Waals surface area (Å²) in [5.74, 6) is 0.647. The molecule has 0 aliphatic heterocycles. The molecule has 0 aliphatic rings. The maximum absolute atomic E-state index is 6.45. The van der Waals surface area contributed by atoms with Crippen molar-refractivity contribution in [1.29, 1.82) is 0 Å². The number of oxazole rings is 1. The molecule has 0 N–H and O–H groups in total. The van der Waals surface area contributed by atoms with Gasteiger partial charge in [-0.1, -0.05) is 78.9 Å². The average molecular weight is 543 g/mol. The Hall–Kier alpha value is -5.19. The van der Waals surface area contributed by atoms with Crippen molar-refractivity contribution in [1.82, 2.24) is 9.55 Å². The standard InChI is InChI=1S/C37H22N2OS/c1-2-9-25(10-3-1)39-30-14-6-4-11-27(30)34-26(13-8-15-31(34)39)23-17-19-24(20-18-23)37-38-29-21-22-33-35(36(29)40-37)28-12-5-7-16-32(28)41-33/h1-22H. The van der Waals surface area contributed by atoms with E-state index in [-0.39, 0.29) is 0 Å². The highest BCUT2D eigenvalue weighted by Gasteiger charge is 2.17. The molecule has 4 heteroatoms. The lowest BCUT2D eigenvalue weighted by Crippen LogP contribution is -1.92. The molecule has 3 aromatic heterocycles. The lowest BCUT2D eigenvalue weighted by molar-refractivity contribution is 0.623. The zero-order chi connectivity index (χ0) is 26.9. The van der Waals surface area contributed by atoms with Crippen molar-refractivity contribution in [2.45, 2.75) is 0 Å². The Morgan fingerprint density at radius 1 is 0.537 bits per heavy atom. The number of benzene rings is 6. The molecule has 41 heavy (non-hydrogen) atoms. The zero-order valence-corrected chi connectivity index (χ0v) is 22.7. The first-order valence-electron chi connectivity index (χ1n) is 13.7. The van der Waals surface area contributed by atoms with E-state index in [2.05, 4.69) is 138 Å². The minimum Gasteiger partial charge on any atom is -0.435 e. The second-order valence-corrected chi connectivity index (χ2v) is 11.5. The van der Waals surface area contributed by atoms with Gasteiger partial charge in [-0.05, 0) is 65.7 Å². The second kappa shape index (κ2) is 8.65. The lowest BCUT2D eigenvalue weighted by Gasteiger charge is -2.09. The number of rotatable bonds is 3. The molecule has 0 aliphatic carbocycles. The molecule has 6 aromatic carbocycles. The molecule has 0 atom stereocenters. The minimum absolute atomic E-state index is 0.647. The Bertz CT molecular complexity index is 2410. The molecule has 0 fully saturated rings. The van der Waals surface area contributed by atoms with Crippen LogP contribution in [0, 0.1) is 0 Å². The highest BCUT2D eigenvalue weighted by molar-refractivity contribution is 7.26. The number of thiophene rings is 1. The topological polar surface area (TPSA) is 31.0 Å². The first kappa shape index (κ1) is 22.6. The van der Waals surface area contributed by atoms with Gasteiger partial charge in [-0.25, -0.2) is 4.98 Å². The van der Waals surface area contributed by atoms with Crippen molar-refractivity contribution >= 4 is 64.4 Å². The van der Waals surface area contributed by atoms with Gasteiger partial charge in [0.2, 0.25) is 5.89 Å². The van der Waals surface area contributed by atoms with Gasteiger partial charge < -0.3 is 8.98 Å². The van der Waals surface area contributed by atoms with Crippen LogP contribution in [0.4, 0.5) is 0 Å². The molecule has 0 amide bonds. The maximum Gasteiger partial charge on any atom is 0.227 e. The molecule has 9 rings (SSSR count). The zero-order valence-electron chi connectivity index (χ0n) is 21.9. The van der Waals surface area contributed by atoms with Gasteiger partial charge in [-0.3, -0.25) is 0 Å². The van der Waals surface area contributed by atoms with Gasteiger partial charge in [0, 0.05) is 42.2 Å². The molecule has 0 saturated carbocycles. The third kappa shape index (κ3) is 3.35. The van der Waals surface area contributed by atoms with Gasteiger partial charge in [0.05, 0.1) is 11.0 Å². The van der Waals surface area contributed by atoms with Crippen LogP contribution in [0.2, 0.25) is 0 Å². The van der Waals surface area contributed by atoms with Crippen LogP contribution in [0.5, 0.6) is 0 Å². The molecule has 3 nitrogen and oxygen atoms in total. The summed E-state index contributed by atoms with van der Waals surface area (Å²) < 4.78 is 11.3. The quantitative estimate of drug-likeness (QED) is 0.222. The number of fused-ring (bicyclic) bond motifs is 8. The summed E-state index contributed by atoms with van der Waals surface area (Å²) in [5.41, 5.74) is 8.66. The molecule has 0 unspecified atom stereocenters. The second-order valence-electron chi connectivity index (χ2n) is 10.4. The highest BCUT2D eigenvalue weighted by atomic mass is 32.1. The van der Waals surface area contributed by atoms with Crippen LogP contribution in [-0.2, 0) is 0 Å². The summed E-state index contributed by atoms with van der Waals surface area (Å²) in [5, 5.41) is 4.88. The number of aromatic nitrogens is 2. The van der Waals surface area contributed by atoms with Crippen molar-refractivity contribution in [2.75, 3.05) is 0 Å². The monoisotopic (exact) mass is 542 g/mol. The van der Waals surface area contributed by atoms with Crippen molar-refractivity contribution in [3.63, 3.8) is 0 Å². The Balaban J connectivity index is 1.19. The van der Waals surface area contributed by atoms with Gasteiger partial charge in [0.1, 0.15) is 5.52 Å². The van der Waals surface area contributed by atoms with Crippen LogP contribution >= 0.6 is 11.3 Å². The number of nitrogens with zero attached hydrogens (tertiary/aromatic N) is 2. The van der Waals surface area contributed by atoms with Crippen molar-refractivity contribution in [2.24, 2.45) is 0 Å². The lowest BCUT2D eigenvalue weighted by atomic mass is 9.98. The van der Waals surface area contributed by atoms with Crippen LogP contribution in [0.1, 0.15) is 0 Å². The summed E-state index contributed by atoms with van der Waals surface area (Å²) in [6.07, 6.45) is 0. The van der Waals surface area contributed by atoms with E-state index in [0.717, 1.165) is 33.3 Å². The minimum atomic E-state index is 0.647. The number of para-hydroxylation sites is 2.